The van der Waals surface area contributed by atoms with Gasteiger partial charge in [0.1, 0.15) is 18.1 Å². The average molecular weight is 515 g/mol. The van der Waals surface area contributed by atoms with Crippen LogP contribution in [-0.4, -0.2) is 5.91 Å². The lowest BCUT2D eigenvalue weighted by atomic mass is 10.3. The van der Waals surface area contributed by atoms with Crippen LogP contribution in [0.2, 0.25) is 5.02 Å². The molecule has 156 valence electrons. The van der Waals surface area contributed by atoms with Crippen molar-refractivity contribution in [1.29, 1.82) is 0 Å². The minimum Gasteiger partial charge on any atom is -0.486 e. The summed E-state index contributed by atoms with van der Waals surface area (Å²) in [5.41, 5.74) is 0.705. The van der Waals surface area contributed by atoms with Crippen molar-refractivity contribution in [3.8, 4) is 5.75 Å². The SMILES string of the molecule is O=C(Nc1ccccc1Sc1ccc(Cl)cc1)c1ccc(COc2ccc(Br)cc2)o1. The quantitative estimate of drug-likeness (QED) is 0.275. The number of hydrogen-bond acceptors (Lipinski definition) is 4. The number of carbonyl (C=O) groups excluding carboxylic acids is 1. The molecule has 4 nitrogen and oxygen atoms in total. The van der Waals surface area contributed by atoms with Crippen molar-refractivity contribution in [2.75, 3.05) is 5.32 Å². The minimum absolute atomic E-state index is 0.223. The maximum atomic E-state index is 12.7. The van der Waals surface area contributed by atoms with Gasteiger partial charge in [0.25, 0.3) is 5.91 Å². The third-order valence-electron chi connectivity index (χ3n) is 4.26. The molecule has 0 bridgehead atoms. The van der Waals surface area contributed by atoms with Crippen LogP contribution in [0.4, 0.5) is 5.69 Å². The summed E-state index contributed by atoms with van der Waals surface area (Å²) in [5, 5.41) is 3.61. The van der Waals surface area contributed by atoms with Crippen LogP contribution >= 0.6 is 39.3 Å². The first-order valence-corrected chi connectivity index (χ1v) is 11.4. The predicted molar refractivity (Wildman–Crippen MR) is 127 cm³/mol. The fourth-order valence-corrected chi connectivity index (χ4v) is 4.03. The molecule has 0 aliphatic heterocycles. The monoisotopic (exact) mass is 513 g/mol. The van der Waals surface area contributed by atoms with Crippen LogP contribution in [0.3, 0.4) is 0 Å². The normalized spacial score (nSPS) is 10.6. The molecule has 3 aromatic carbocycles. The molecule has 0 saturated carbocycles. The van der Waals surface area contributed by atoms with Gasteiger partial charge in [-0.05, 0) is 72.8 Å². The molecule has 0 saturated heterocycles. The zero-order chi connectivity index (χ0) is 21.6. The summed E-state index contributed by atoms with van der Waals surface area (Å²) in [6.07, 6.45) is 0. The number of nitrogens with one attached hydrogen (secondary N) is 1. The van der Waals surface area contributed by atoms with E-state index in [1.54, 1.807) is 23.9 Å². The lowest BCUT2D eigenvalue weighted by Crippen LogP contribution is -2.11. The Bertz CT molecular complexity index is 1180. The van der Waals surface area contributed by atoms with Gasteiger partial charge < -0.3 is 14.5 Å². The van der Waals surface area contributed by atoms with Gasteiger partial charge in [-0.25, -0.2) is 0 Å². The lowest BCUT2D eigenvalue weighted by molar-refractivity contribution is 0.0992. The largest absolute Gasteiger partial charge is 0.486 e. The number of anilines is 1. The van der Waals surface area contributed by atoms with Crippen LogP contribution in [0.25, 0.3) is 0 Å². The molecule has 0 spiro atoms. The summed E-state index contributed by atoms with van der Waals surface area (Å²) in [6, 6.07) is 26.1. The second-order valence-electron chi connectivity index (χ2n) is 6.51. The third-order valence-corrected chi connectivity index (χ3v) is 6.12. The molecule has 0 unspecified atom stereocenters. The van der Waals surface area contributed by atoms with Crippen LogP contribution in [-0.2, 0) is 6.61 Å². The van der Waals surface area contributed by atoms with Gasteiger partial charge in [0.05, 0.1) is 5.69 Å². The number of amides is 1. The summed E-state index contributed by atoms with van der Waals surface area (Å²) < 4.78 is 12.3. The zero-order valence-corrected chi connectivity index (χ0v) is 19.3. The fraction of sp³-hybridized carbons (Fsp3) is 0.0417. The summed E-state index contributed by atoms with van der Waals surface area (Å²) in [7, 11) is 0. The third kappa shape index (κ3) is 5.94. The number of benzene rings is 3. The van der Waals surface area contributed by atoms with E-state index < -0.39 is 0 Å². The number of ether oxygens (including phenoxy) is 1. The first-order chi connectivity index (χ1) is 15.1. The molecule has 1 amide bonds. The molecule has 1 heterocycles. The Labute approximate surface area is 197 Å². The number of halogens is 2. The van der Waals surface area contributed by atoms with Crippen LogP contribution < -0.4 is 10.1 Å². The molecule has 4 aromatic rings. The van der Waals surface area contributed by atoms with Crippen molar-refractivity contribution in [2.45, 2.75) is 16.4 Å². The first kappa shape index (κ1) is 21.6. The molecule has 4 rings (SSSR count). The van der Waals surface area contributed by atoms with Gasteiger partial charge in [0.15, 0.2) is 5.76 Å². The molecular weight excluding hydrogens is 498 g/mol. The van der Waals surface area contributed by atoms with Gasteiger partial charge in [-0.2, -0.15) is 0 Å². The van der Waals surface area contributed by atoms with E-state index in [9.17, 15) is 4.79 Å². The first-order valence-electron chi connectivity index (χ1n) is 9.38. The Morgan fingerprint density at radius 1 is 0.968 bits per heavy atom. The van der Waals surface area contributed by atoms with Crippen LogP contribution in [0.15, 0.2) is 104 Å². The molecule has 0 aliphatic rings. The standard InChI is InChI=1S/C24H17BrClNO3S/c25-16-5-9-18(10-6-16)29-15-19-11-14-22(30-19)24(28)27-21-3-1-2-4-23(21)31-20-12-7-17(26)8-13-20/h1-14H,15H2,(H,27,28). The molecule has 7 heteroatoms. The topological polar surface area (TPSA) is 51.5 Å². The van der Waals surface area contributed by atoms with E-state index in [2.05, 4.69) is 21.2 Å². The van der Waals surface area contributed by atoms with E-state index in [0.717, 1.165) is 20.0 Å². The highest BCUT2D eigenvalue weighted by Gasteiger charge is 2.14. The molecule has 31 heavy (non-hydrogen) atoms. The van der Waals surface area contributed by atoms with Gasteiger partial charge >= 0.3 is 0 Å². The van der Waals surface area contributed by atoms with Crippen LogP contribution in [0, 0.1) is 0 Å². The zero-order valence-electron chi connectivity index (χ0n) is 16.2. The predicted octanol–water partition coefficient (Wildman–Crippen LogP) is 7.68. The number of carbonyl (C=O) groups is 1. The Morgan fingerprint density at radius 3 is 2.48 bits per heavy atom. The summed E-state index contributed by atoms with van der Waals surface area (Å²) in [5.74, 6) is 1.19. The van der Waals surface area contributed by atoms with E-state index in [0.29, 0.717) is 16.5 Å². The highest BCUT2D eigenvalue weighted by molar-refractivity contribution is 9.10. The Morgan fingerprint density at radius 2 is 1.71 bits per heavy atom. The molecule has 1 N–H and O–H groups in total. The van der Waals surface area contributed by atoms with E-state index in [-0.39, 0.29) is 18.3 Å². The summed E-state index contributed by atoms with van der Waals surface area (Å²) in [4.78, 5) is 14.7. The molecule has 0 radical (unpaired) electrons. The Hall–Kier alpha value is -2.67. The van der Waals surface area contributed by atoms with E-state index in [1.807, 2.05) is 72.8 Å². The second kappa shape index (κ2) is 10.1. The summed E-state index contributed by atoms with van der Waals surface area (Å²) in [6.45, 7) is 0.234. The van der Waals surface area contributed by atoms with Gasteiger partial charge in [0, 0.05) is 19.3 Å². The van der Waals surface area contributed by atoms with Gasteiger partial charge in [-0.15, -0.1) is 0 Å². The number of rotatable bonds is 7. The number of hydrogen-bond donors (Lipinski definition) is 1. The molecule has 0 fully saturated rings. The van der Waals surface area contributed by atoms with Gasteiger partial charge in [-0.1, -0.05) is 51.4 Å². The maximum absolute atomic E-state index is 12.7. The van der Waals surface area contributed by atoms with E-state index >= 15 is 0 Å². The van der Waals surface area contributed by atoms with Gasteiger partial charge in [0.2, 0.25) is 0 Å². The van der Waals surface area contributed by atoms with Crippen molar-refractivity contribution >= 4 is 50.9 Å². The second-order valence-corrected chi connectivity index (χ2v) is 8.98. The lowest BCUT2D eigenvalue weighted by Gasteiger charge is -2.10. The smallest absolute Gasteiger partial charge is 0.291 e. The number of para-hydroxylation sites is 1. The van der Waals surface area contributed by atoms with Gasteiger partial charge in [-0.3, -0.25) is 4.79 Å². The molecule has 0 atom stereocenters. The highest BCUT2D eigenvalue weighted by atomic mass is 79.9. The van der Waals surface area contributed by atoms with Crippen molar-refractivity contribution in [2.24, 2.45) is 0 Å². The van der Waals surface area contributed by atoms with Crippen LogP contribution in [0.5, 0.6) is 5.75 Å². The van der Waals surface area contributed by atoms with Crippen molar-refractivity contribution in [3.05, 3.63) is 106 Å². The molecule has 0 aliphatic carbocycles. The summed E-state index contributed by atoms with van der Waals surface area (Å²) >= 11 is 10.9. The molecule has 1 aromatic heterocycles. The minimum atomic E-state index is -0.320. The van der Waals surface area contributed by atoms with Crippen molar-refractivity contribution in [3.63, 3.8) is 0 Å². The van der Waals surface area contributed by atoms with Crippen molar-refractivity contribution in [1.82, 2.24) is 0 Å². The molecular formula is C24H17BrClNO3S. The Kier molecular flexibility index (Phi) is 7.02. The maximum Gasteiger partial charge on any atom is 0.291 e. The highest BCUT2D eigenvalue weighted by Crippen LogP contribution is 2.34. The number of furan rings is 1. The Balaban J connectivity index is 1.40. The van der Waals surface area contributed by atoms with E-state index in [1.165, 1.54) is 0 Å². The van der Waals surface area contributed by atoms with E-state index in [4.69, 9.17) is 20.8 Å². The fourth-order valence-electron chi connectivity index (χ4n) is 2.74. The van der Waals surface area contributed by atoms with Crippen molar-refractivity contribution < 1.29 is 13.9 Å². The van der Waals surface area contributed by atoms with Crippen LogP contribution in [0.1, 0.15) is 16.3 Å². The average Bonchev–Trinajstić information content (AvgIpc) is 3.26.